The van der Waals surface area contributed by atoms with E-state index >= 15 is 0 Å². The van der Waals surface area contributed by atoms with Crippen LogP contribution in [0.15, 0.2) is 53.3 Å². The van der Waals surface area contributed by atoms with Crippen molar-refractivity contribution in [2.45, 2.75) is 47.5 Å². The lowest BCUT2D eigenvalue weighted by molar-refractivity contribution is -0.137. The van der Waals surface area contributed by atoms with Crippen LogP contribution in [0.5, 0.6) is 0 Å². The molecule has 3 rings (SSSR count). The number of carbonyl (C=O) groups excluding carboxylic acids is 1. The maximum atomic E-state index is 12.7. The molecule has 2 aromatic rings. The second kappa shape index (κ2) is 12.3. The first-order chi connectivity index (χ1) is 16.4. The van der Waals surface area contributed by atoms with Gasteiger partial charge in [0, 0.05) is 17.3 Å². The summed E-state index contributed by atoms with van der Waals surface area (Å²) in [7, 11) is 0. The van der Waals surface area contributed by atoms with Gasteiger partial charge in [-0.1, -0.05) is 51.5 Å². The molecule has 1 aliphatic heterocycles. The summed E-state index contributed by atoms with van der Waals surface area (Å²) in [4.78, 5) is 28.4. The van der Waals surface area contributed by atoms with Crippen LogP contribution >= 0.6 is 0 Å². The van der Waals surface area contributed by atoms with Crippen LogP contribution in [0.4, 0.5) is 0 Å². The molecule has 1 aromatic carbocycles. The van der Waals surface area contributed by atoms with Crippen LogP contribution in [0.3, 0.4) is 0 Å². The van der Waals surface area contributed by atoms with E-state index in [9.17, 15) is 14.7 Å². The quantitative estimate of drug-likeness (QED) is 0.505. The van der Waals surface area contributed by atoms with Crippen molar-refractivity contribution in [2.24, 2.45) is 5.10 Å². The number of carboxylic acids is 1. The summed E-state index contributed by atoms with van der Waals surface area (Å²) in [5.74, 6) is -2.27. The summed E-state index contributed by atoms with van der Waals surface area (Å²) in [6.45, 7) is 9.01. The highest BCUT2D eigenvalue weighted by atomic mass is 16.4. The molecule has 0 unspecified atom stereocenters. The van der Waals surface area contributed by atoms with Crippen molar-refractivity contribution in [3.8, 4) is 11.3 Å². The number of carbonyl (C=O) groups is 2. The molecule has 0 bridgehead atoms. The minimum absolute atomic E-state index is 0.163. The average Bonchev–Trinajstić information content (AvgIpc) is 2.84. The molecule has 3 N–H and O–H groups in total. The van der Waals surface area contributed by atoms with E-state index in [0.29, 0.717) is 17.0 Å². The molecule has 0 saturated heterocycles. The average molecular weight is 465 g/mol. The Hall–Kier alpha value is -3.94. The fourth-order valence-corrected chi connectivity index (χ4v) is 3.57. The Labute approximate surface area is 200 Å². The molecular weight excluding hydrogens is 432 g/mol. The monoisotopic (exact) mass is 464 g/mol. The lowest BCUT2D eigenvalue weighted by atomic mass is 9.99. The third-order valence-corrected chi connectivity index (χ3v) is 4.94. The number of hydrogen-bond acceptors (Lipinski definition) is 6. The van der Waals surface area contributed by atoms with Gasteiger partial charge in [0.2, 0.25) is 0 Å². The van der Waals surface area contributed by atoms with Crippen molar-refractivity contribution in [3.05, 3.63) is 65.0 Å². The first-order valence-electron chi connectivity index (χ1n) is 11.4. The van der Waals surface area contributed by atoms with Gasteiger partial charge in [-0.2, -0.15) is 5.10 Å². The number of aryl methyl sites for hydroxylation is 1. The first kappa shape index (κ1) is 26.3. The molecule has 1 amide bonds. The highest BCUT2D eigenvalue weighted by molar-refractivity contribution is 6.04. The van der Waals surface area contributed by atoms with Gasteiger partial charge in [-0.15, -0.1) is 0 Å². The van der Waals surface area contributed by atoms with E-state index in [4.69, 9.17) is 10.1 Å². The number of aromatic nitrogens is 1. The normalized spacial score (nSPS) is 14.0. The van der Waals surface area contributed by atoms with Gasteiger partial charge in [0.05, 0.1) is 11.4 Å². The Morgan fingerprint density at radius 3 is 2.53 bits per heavy atom. The number of pyridine rings is 1. The van der Waals surface area contributed by atoms with Gasteiger partial charge in [-0.3, -0.25) is 9.59 Å². The van der Waals surface area contributed by atoms with Crippen LogP contribution in [-0.4, -0.2) is 44.8 Å². The zero-order valence-corrected chi connectivity index (χ0v) is 20.3. The highest BCUT2D eigenvalue weighted by Gasteiger charge is 2.34. The number of nitrogens with zero attached hydrogens (tertiary/aromatic N) is 3. The van der Waals surface area contributed by atoms with Crippen LogP contribution in [0.1, 0.15) is 57.9 Å². The van der Waals surface area contributed by atoms with Crippen molar-refractivity contribution in [2.75, 3.05) is 6.54 Å². The summed E-state index contributed by atoms with van der Waals surface area (Å²) >= 11 is 0. The van der Waals surface area contributed by atoms with Crippen molar-refractivity contribution >= 4 is 29.5 Å². The molecule has 0 fully saturated rings. The number of hydrazone groups is 1. The van der Waals surface area contributed by atoms with Crippen molar-refractivity contribution in [1.82, 2.24) is 15.3 Å². The maximum absolute atomic E-state index is 12.7. The van der Waals surface area contributed by atoms with E-state index in [1.54, 1.807) is 32.1 Å². The van der Waals surface area contributed by atoms with Crippen LogP contribution in [0, 0.1) is 0 Å². The number of hydrogen-bond donors (Lipinski definition) is 3. The Kier molecular flexibility index (Phi) is 9.55. The molecule has 8 heteroatoms. The SMILES string of the molecule is C/C=N\N1C(C(=O)NCC(=O)O)=C(O)c2ccc(-c3cccc(CCC)c3)nc2/C1=C\C.CC. The smallest absolute Gasteiger partial charge is 0.322 e. The summed E-state index contributed by atoms with van der Waals surface area (Å²) in [5, 5.41) is 27.6. The fraction of sp³-hybridized carbons (Fsp3) is 0.308. The standard InChI is InChI=1S/C24H26N4O4.C2H6/c1-4-8-15-9-7-10-16(13-15)18-12-11-17-21(27-18)19(5-2)28(26-6-3)22(23(17)31)24(32)25-14-20(29)30;1-2/h5-7,9-13,31H,4,8,14H2,1-3H3,(H,25,32)(H,29,30);1-2H3/b19-5+,26-6-;. The van der Waals surface area contributed by atoms with Crippen LogP contribution in [0.2, 0.25) is 0 Å². The number of aliphatic carboxylic acids is 1. The lowest BCUT2D eigenvalue weighted by Gasteiger charge is -2.30. The molecule has 34 heavy (non-hydrogen) atoms. The third-order valence-electron chi connectivity index (χ3n) is 4.94. The Morgan fingerprint density at radius 1 is 1.18 bits per heavy atom. The van der Waals surface area contributed by atoms with Gasteiger partial charge in [-0.25, -0.2) is 9.99 Å². The van der Waals surface area contributed by atoms with Crippen LogP contribution in [0.25, 0.3) is 22.7 Å². The van der Waals surface area contributed by atoms with Gasteiger partial charge < -0.3 is 15.5 Å². The number of carboxylic acid groups (broad SMARTS) is 1. The zero-order chi connectivity index (χ0) is 25.3. The number of benzene rings is 1. The van der Waals surface area contributed by atoms with E-state index in [-0.39, 0.29) is 11.5 Å². The highest BCUT2D eigenvalue weighted by Crippen LogP contribution is 2.38. The second-order valence-electron chi connectivity index (χ2n) is 7.18. The van der Waals surface area contributed by atoms with Gasteiger partial charge in [0.15, 0.2) is 11.5 Å². The molecule has 1 aliphatic rings. The van der Waals surface area contributed by atoms with Gasteiger partial charge in [-0.05, 0) is 44.0 Å². The van der Waals surface area contributed by atoms with Crippen LogP contribution in [-0.2, 0) is 16.0 Å². The predicted octanol–water partition coefficient (Wildman–Crippen LogP) is 4.84. The molecule has 2 heterocycles. The largest absolute Gasteiger partial charge is 0.505 e. The van der Waals surface area contributed by atoms with Crippen molar-refractivity contribution in [1.29, 1.82) is 0 Å². The van der Waals surface area contributed by atoms with Crippen molar-refractivity contribution < 1.29 is 19.8 Å². The summed E-state index contributed by atoms with van der Waals surface area (Å²) in [6.07, 6.45) is 5.23. The number of nitrogens with one attached hydrogen (secondary N) is 1. The number of aliphatic hydroxyl groups is 1. The summed E-state index contributed by atoms with van der Waals surface area (Å²) in [6, 6.07) is 11.7. The van der Waals surface area contributed by atoms with Crippen LogP contribution < -0.4 is 5.32 Å². The number of aliphatic hydroxyl groups excluding tert-OH is 1. The van der Waals surface area contributed by atoms with E-state index in [2.05, 4.69) is 29.5 Å². The Morgan fingerprint density at radius 2 is 1.91 bits per heavy atom. The molecule has 8 nitrogen and oxygen atoms in total. The number of amides is 1. The zero-order valence-electron chi connectivity index (χ0n) is 20.3. The van der Waals surface area contributed by atoms with E-state index in [1.165, 1.54) is 16.8 Å². The van der Waals surface area contributed by atoms with Crippen molar-refractivity contribution in [3.63, 3.8) is 0 Å². The second-order valence-corrected chi connectivity index (χ2v) is 7.18. The molecule has 0 aliphatic carbocycles. The number of fused-ring (bicyclic) bond motifs is 1. The molecule has 0 spiro atoms. The molecular formula is C26H32N4O4. The molecule has 0 atom stereocenters. The Balaban J connectivity index is 0.00000199. The lowest BCUT2D eigenvalue weighted by Crippen LogP contribution is -2.37. The minimum atomic E-state index is -1.19. The van der Waals surface area contributed by atoms with E-state index in [0.717, 1.165) is 24.1 Å². The van der Waals surface area contributed by atoms with E-state index in [1.807, 2.05) is 26.0 Å². The molecule has 180 valence electrons. The molecule has 0 saturated carbocycles. The first-order valence-corrected chi connectivity index (χ1v) is 11.4. The number of rotatable bonds is 7. The number of allylic oxidation sites excluding steroid dienone is 1. The van der Waals surface area contributed by atoms with E-state index < -0.39 is 18.4 Å². The third kappa shape index (κ3) is 5.70. The minimum Gasteiger partial charge on any atom is -0.505 e. The Bertz CT molecular complexity index is 1140. The molecule has 1 aromatic heterocycles. The predicted molar refractivity (Wildman–Crippen MR) is 135 cm³/mol. The maximum Gasteiger partial charge on any atom is 0.322 e. The summed E-state index contributed by atoms with van der Waals surface area (Å²) in [5.41, 5.74) is 4.08. The molecule has 0 radical (unpaired) electrons. The topological polar surface area (TPSA) is 115 Å². The van der Waals surface area contributed by atoms with Gasteiger partial charge in [0.25, 0.3) is 5.91 Å². The summed E-state index contributed by atoms with van der Waals surface area (Å²) < 4.78 is 0. The van der Waals surface area contributed by atoms with Gasteiger partial charge in [0.1, 0.15) is 12.2 Å². The fourth-order valence-electron chi connectivity index (χ4n) is 3.57. The van der Waals surface area contributed by atoms with Gasteiger partial charge >= 0.3 is 5.97 Å².